The normalized spacial score (nSPS) is 11.1. The van der Waals surface area contributed by atoms with Crippen LogP contribution in [0.2, 0.25) is 0 Å². The Morgan fingerprint density at radius 3 is 2.73 bits per heavy atom. The van der Waals surface area contributed by atoms with Crippen LogP contribution in [0.3, 0.4) is 0 Å². The van der Waals surface area contributed by atoms with Gasteiger partial charge in [-0.05, 0) is 41.5 Å². The van der Waals surface area contributed by atoms with E-state index in [9.17, 15) is 4.79 Å². The molecule has 0 aliphatic heterocycles. The molecule has 33 heavy (non-hydrogen) atoms. The summed E-state index contributed by atoms with van der Waals surface area (Å²) in [5.41, 5.74) is 5.52. The van der Waals surface area contributed by atoms with Gasteiger partial charge in [0.1, 0.15) is 0 Å². The van der Waals surface area contributed by atoms with Crippen LogP contribution in [-0.2, 0) is 11.2 Å². The number of carbonyl (C=O) groups excluding carboxylic acids is 1. The minimum atomic E-state index is -0.191. The van der Waals surface area contributed by atoms with Crippen molar-refractivity contribution in [2.45, 2.75) is 10.8 Å². The standard InChI is InChI=1S/C25H23N3O3S2/c1-30-22-15-19(11-12-21(22)31-14-13-18-7-3-2-4-8-18)16-26-28-24(29)17-32-25-27-20-9-5-6-10-23(20)33-25/h2-12,15-16H,13-14,17H2,1H3,(H,28,29)/b26-16+. The van der Waals surface area contributed by atoms with Gasteiger partial charge in [0, 0.05) is 6.42 Å². The zero-order valence-electron chi connectivity index (χ0n) is 18.1. The predicted octanol–water partition coefficient (Wildman–Crippen LogP) is 5.17. The van der Waals surface area contributed by atoms with Crippen LogP contribution in [0.5, 0.6) is 11.5 Å². The lowest BCUT2D eigenvalue weighted by atomic mass is 10.2. The molecule has 4 rings (SSSR count). The number of carbonyl (C=O) groups is 1. The number of ether oxygens (including phenoxy) is 2. The van der Waals surface area contributed by atoms with Crippen LogP contribution in [0.1, 0.15) is 11.1 Å². The van der Waals surface area contributed by atoms with Gasteiger partial charge in [0.25, 0.3) is 5.91 Å². The number of rotatable bonds is 10. The summed E-state index contributed by atoms with van der Waals surface area (Å²) in [7, 11) is 1.60. The molecule has 1 aromatic heterocycles. The number of para-hydroxylation sites is 1. The summed E-state index contributed by atoms with van der Waals surface area (Å²) in [6.45, 7) is 0.552. The number of nitrogens with one attached hydrogen (secondary N) is 1. The van der Waals surface area contributed by atoms with Gasteiger partial charge in [-0.1, -0.05) is 54.2 Å². The van der Waals surface area contributed by atoms with Crippen molar-refractivity contribution in [2.75, 3.05) is 19.5 Å². The van der Waals surface area contributed by atoms with Gasteiger partial charge in [-0.15, -0.1) is 11.3 Å². The Kier molecular flexibility index (Phi) is 7.94. The molecule has 0 aliphatic carbocycles. The number of fused-ring (bicyclic) bond motifs is 1. The first kappa shape index (κ1) is 22.8. The van der Waals surface area contributed by atoms with Gasteiger partial charge in [-0.3, -0.25) is 4.79 Å². The zero-order valence-corrected chi connectivity index (χ0v) is 19.7. The van der Waals surface area contributed by atoms with E-state index in [2.05, 4.69) is 27.6 Å². The zero-order chi connectivity index (χ0) is 22.9. The van der Waals surface area contributed by atoms with Crippen LogP contribution < -0.4 is 14.9 Å². The topological polar surface area (TPSA) is 72.8 Å². The average molecular weight is 478 g/mol. The molecule has 0 unspecified atom stereocenters. The predicted molar refractivity (Wildman–Crippen MR) is 135 cm³/mol. The van der Waals surface area contributed by atoms with E-state index in [0.717, 1.165) is 26.5 Å². The molecule has 1 amide bonds. The molecular formula is C25H23N3O3S2. The molecule has 168 valence electrons. The average Bonchev–Trinajstić information content (AvgIpc) is 3.27. The summed E-state index contributed by atoms with van der Waals surface area (Å²) in [4.78, 5) is 16.6. The molecule has 0 fully saturated rings. The summed E-state index contributed by atoms with van der Waals surface area (Å²) in [6.07, 6.45) is 2.39. The molecule has 0 bridgehead atoms. The maximum absolute atomic E-state index is 12.1. The number of amides is 1. The van der Waals surface area contributed by atoms with Crippen molar-refractivity contribution in [1.29, 1.82) is 0 Å². The Morgan fingerprint density at radius 1 is 1.09 bits per heavy atom. The van der Waals surface area contributed by atoms with Gasteiger partial charge in [-0.25, -0.2) is 10.4 Å². The van der Waals surface area contributed by atoms with E-state index >= 15 is 0 Å². The lowest BCUT2D eigenvalue weighted by molar-refractivity contribution is -0.118. The van der Waals surface area contributed by atoms with Crippen molar-refractivity contribution in [3.63, 3.8) is 0 Å². The monoisotopic (exact) mass is 477 g/mol. The van der Waals surface area contributed by atoms with Crippen LogP contribution in [0.4, 0.5) is 0 Å². The van der Waals surface area contributed by atoms with Gasteiger partial charge in [0.15, 0.2) is 15.8 Å². The number of hydrogen-bond donors (Lipinski definition) is 1. The van der Waals surface area contributed by atoms with Crippen molar-refractivity contribution < 1.29 is 14.3 Å². The number of nitrogens with zero attached hydrogens (tertiary/aromatic N) is 2. The van der Waals surface area contributed by atoms with E-state index < -0.39 is 0 Å². The van der Waals surface area contributed by atoms with Gasteiger partial charge in [-0.2, -0.15) is 5.10 Å². The van der Waals surface area contributed by atoms with Crippen LogP contribution in [0, 0.1) is 0 Å². The van der Waals surface area contributed by atoms with Crippen molar-refractivity contribution >= 4 is 45.4 Å². The second-order valence-corrected chi connectivity index (χ2v) is 9.28. The number of hydrazone groups is 1. The van der Waals surface area contributed by atoms with E-state index in [4.69, 9.17) is 9.47 Å². The first-order valence-electron chi connectivity index (χ1n) is 10.4. The lowest BCUT2D eigenvalue weighted by Gasteiger charge is -2.11. The molecule has 0 saturated carbocycles. The van der Waals surface area contributed by atoms with Gasteiger partial charge >= 0.3 is 0 Å². The smallest absolute Gasteiger partial charge is 0.250 e. The number of aromatic nitrogens is 1. The number of thioether (sulfide) groups is 1. The largest absolute Gasteiger partial charge is 0.493 e. The SMILES string of the molecule is COc1cc(/C=N/NC(=O)CSc2nc3ccccc3s2)ccc1OCCc1ccccc1. The van der Waals surface area contributed by atoms with Crippen molar-refractivity contribution in [2.24, 2.45) is 5.10 Å². The quantitative estimate of drug-likeness (QED) is 0.194. The minimum Gasteiger partial charge on any atom is -0.493 e. The first-order valence-corrected chi connectivity index (χ1v) is 12.2. The molecule has 6 nitrogen and oxygen atoms in total. The van der Waals surface area contributed by atoms with Gasteiger partial charge < -0.3 is 9.47 Å². The maximum atomic E-state index is 12.1. The highest BCUT2D eigenvalue weighted by atomic mass is 32.2. The van der Waals surface area contributed by atoms with Crippen LogP contribution in [0.25, 0.3) is 10.2 Å². The van der Waals surface area contributed by atoms with Gasteiger partial charge in [0.2, 0.25) is 0 Å². The summed E-state index contributed by atoms with van der Waals surface area (Å²) in [5, 5.41) is 4.05. The fourth-order valence-electron chi connectivity index (χ4n) is 3.06. The second kappa shape index (κ2) is 11.5. The highest BCUT2D eigenvalue weighted by Crippen LogP contribution is 2.29. The lowest BCUT2D eigenvalue weighted by Crippen LogP contribution is -2.19. The third-order valence-corrected chi connectivity index (χ3v) is 6.86. The number of hydrogen-bond acceptors (Lipinski definition) is 7. The van der Waals surface area contributed by atoms with Crippen LogP contribution in [0.15, 0.2) is 82.2 Å². The summed E-state index contributed by atoms with van der Waals surface area (Å²) in [5.74, 6) is 1.34. The third kappa shape index (κ3) is 6.57. The van der Waals surface area contributed by atoms with Crippen LogP contribution in [-0.4, -0.2) is 36.6 Å². The fourth-order valence-corrected chi connectivity index (χ4v) is 4.92. The molecule has 8 heteroatoms. The van der Waals surface area contributed by atoms with E-state index in [-0.39, 0.29) is 11.7 Å². The first-order chi connectivity index (χ1) is 16.2. The Hall–Kier alpha value is -3.36. The molecule has 0 saturated heterocycles. The third-order valence-electron chi connectivity index (χ3n) is 4.68. The van der Waals surface area contributed by atoms with Crippen molar-refractivity contribution in [3.8, 4) is 11.5 Å². The highest BCUT2D eigenvalue weighted by molar-refractivity contribution is 8.01. The van der Waals surface area contributed by atoms with E-state index in [1.54, 1.807) is 24.7 Å². The van der Waals surface area contributed by atoms with Crippen molar-refractivity contribution in [1.82, 2.24) is 10.4 Å². The molecule has 0 atom stereocenters. The number of benzene rings is 3. The molecule has 1 N–H and O–H groups in total. The molecule has 4 aromatic rings. The Morgan fingerprint density at radius 2 is 1.91 bits per heavy atom. The van der Waals surface area contributed by atoms with E-state index in [1.165, 1.54) is 17.3 Å². The molecule has 1 heterocycles. The molecule has 0 radical (unpaired) electrons. The number of methoxy groups -OCH3 is 1. The van der Waals surface area contributed by atoms with E-state index in [0.29, 0.717) is 18.1 Å². The Balaban J connectivity index is 1.26. The number of thiazole rings is 1. The Labute approximate surface area is 200 Å². The highest BCUT2D eigenvalue weighted by Gasteiger charge is 2.08. The minimum absolute atomic E-state index is 0.191. The summed E-state index contributed by atoms with van der Waals surface area (Å²) in [6, 6.07) is 23.6. The Bertz CT molecular complexity index is 1210. The van der Waals surface area contributed by atoms with Gasteiger partial charge in [0.05, 0.1) is 35.9 Å². The molecule has 0 aliphatic rings. The molecular weight excluding hydrogens is 454 g/mol. The molecule has 0 spiro atoms. The van der Waals surface area contributed by atoms with E-state index in [1.807, 2.05) is 60.7 Å². The fraction of sp³-hybridized carbons (Fsp3) is 0.160. The maximum Gasteiger partial charge on any atom is 0.250 e. The summed E-state index contributed by atoms with van der Waals surface area (Å²) >= 11 is 2.98. The van der Waals surface area contributed by atoms with Crippen LogP contribution >= 0.6 is 23.1 Å². The molecule has 3 aromatic carbocycles. The van der Waals surface area contributed by atoms with Crippen molar-refractivity contribution in [3.05, 3.63) is 83.9 Å². The summed E-state index contributed by atoms with van der Waals surface area (Å²) < 4.78 is 13.3. The second-order valence-electron chi connectivity index (χ2n) is 7.02.